The van der Waals surface area contributed by atoms with E-state index in [0.717, 1.165) is 30.5 Å². The van der Waals surface area contributed by atoms with Crippen molar-refractivity contribution in [2.45, 2.75) is 84.8 Å². The molecule has 0 unspecified atom stereocenters. The number of halogens is 1. The summed E-state index contributed by atoms with van der Waals surface area (Å²) in [6.07, 6.45) is 7.36. The smallest absolute Gasteiger partial charge is 0.0657 e. The fraction of sp³-hybridized carbons (Fsp3) is 0.739. The molecule has 0 radical (unpaired) electrons. The topological polar surface area (TPSA) is 21.3 Å². The lowest BCUT2D eigenvalue weighted by molar-refractivity contribution is -0.123. The summed E-state index contributed by atoms with van der Waals surface area (Å²) in [5, 5.41) is 4.54. The third-order valence-electron chi connectivity index (χ3n) is 6.31. The van der Waals surface area contributed by atoms with Crippen LogP contribution >= 0.6 is 11.6 Å². The van der Waals surface area contributed by atoms with Crippen LogP contribution in [0.5, 0.6) is 0 Å². The van der Waals surface area contributed by atoms with Crippen molar-refractivity contribution in [1.29, 1.82) is 0 Å². The molecule has 1 fully saturated rings. The number of hydrogen-bond donors (Lipinski definition) is 1. The molecule has 0 aliphatic carbocycles. The lowest BCUT2D eigenvalue weighted by Crippen LogP contribution is -2.44. The molecule has 0 amide bonds. The second-order valence-corrected chi connectivity index (χ2v) is 9.43. The van der Waals surface area contributed by atoms with Crippen molar-refractivity contribution in [3.05, 3.63) is 34.9 Å². The Morgan fingerprint density at radius 3 is 2.46 bits per heavy atom. The van der Waals surface area contributed by atoms with Crippen LogP contribution in [0.2, 0.25) is 5.02 Å². The van der Waals surface area contributed by atoms with Gasteiger partial charge in [-0.15, -0.1) is 0 Å². The minimum absolute atomic E-state index is 0.0526. The summed E-state index contributed by atoms with van der Waals surface area (Å²) in [5.74, 6) is 0.767. The van der Waals surface area contributed by atoms with Gasteiger partial charge in [-0.25, -0.2) is 0 Å². The second-order valence-electron chi connectivity index (χ2n) is 8.99. The highest BCUT2D eigenvalue weighted by Gasteiger charge is 2.41. The molecule has 0 spiro atoms. The van der Waals surface area contributed by atoms with E-state index in [1.807, 2.05) is 12.1 Å². The predicted octanol–water partition coefficient (Wildman–Crippen LogP) is 6.78. The molecule has 1 aromatic carbocycles. The highest BCUT2D eigenvalue weighted by molar-refractivity contribution is 6.30. The first-order valence-electron chi connectivity index (χ1n) is 10.4. The SMILES string of the molecule is CC[C@]1(C)C[C@](CCN[C@@H](C)c2ccc(Cl)cc2)(CCC(C)C)CCO1. The minimum atomic E-state index is 0.0526. The van der Waals surface area contributed by atoms with E-state index in [2.05, 4.69) is 52.1 Å². The monoisotopic (exact) mass is 379 g/mol. The maximum absolute atomic E-state index is 6.15. The Labute approximate surface area is 166 Å². The van der Waals surface area contributed by atoms with Gasteiger partial charge >= 0.3 is 0 Å². The van der Waals surface area contributed by atoms with E-state index < -0.39 is 0 Å². The lowest BCUT2D eigenvalue weighted by atomic mass is 9.67. The van der Waals surface area contributed by atoms with Crippen molar-refractivity contribution >= 4 is 11.6 Å². The van der Waals surface area contributed by atoms with Gasteiger partial charge < -0.3 is 10.1 Å². The summed E-state index contributed by atoms with van der Waals surface area (Å²) in [7, 11) is 0. The van der Waals surface area contributed by atoms with E-state index in [-0.39, 0.29) is 5.60 Å². The van der Waals surface area contributed by atoms with E-state index in [0.29, 0.717) is 11.5 Å². The average molecular weight is 380 g/mol. The zero-order valence-electron chi connectivity index (χ0n) is 17.4. The first kappa shape index (κ1) is 21.7. The largest absolute Gasteiger partial charge is 0.375 e. The van der Waals surface area contributed by atoms with Gasteiger partial charge in [0.05, 0.1) is 5.60 Å². The summed E-state index contributed by atoms with van der Waals surface area (Å²) in [6, 6.07) is 8.55. The third kappa shape index (κ3) is 6.25. The van der Waals surface area contributed by atoms with Gasteiger partial charge in [-0.1, -0.05) is 50.9 Å². The molecule has 148 valence electrons. The molecule has 26 heavy (non-hydrogen) atoms. The molecule has 0 aromatic heterocycles. The summed E-state index contributed by atoms with van der Waals surface area (Å²) < 4.78 is 6.15. The molecular formula is C23H38ClNO. The number of nitrogens with one attached hydrogen (secondary N) is 1. The van der Waals surface area contributed by atoms with E-state index in [1.165, 1.54) is 37.7 Å². The summed E-state index contributed by atoms with van der Waals surface area (Å²) in [4.78, 5) is 0. The summed E-state index contributed by atoms with van der Waals surface area (Å²) >= 11 is 6.01. The van der Waals surface area contributed by atoms with Gasteiger partial charge in [0.25, 0.3) is 0 Å². The molecule has 3 heteroatoms. The van der Waals surface area contributed by atoms with Crippen LogP contribution in [0.25, 0.3) is 0 Å². The Hall–Kier alpha value is -0.570. The lowest BCUT2D eigenvalue weighted by Gasteiger charge is -2.47. The average Bonchev–Trinajstić information content (AvgIpc) is 2.61. The maximum atomic E-state index is 6.15. The zero-order valence-corrected chi connectivity index (χ0v) is 18.2. The number of rotatable bonds is 9. The second kappa shape index (κ2) is 9.57. The first-order chi connectivity index (χ1) is 12.3. The number of benzene rings is 1. The Morgan fingerprint density at radius 2 is 1.85 bits per heavy atom. The summed E-state index contributed by atoms with van der Waals surface area (Å²) in [5.41, 5.74) is 1.77. The van der Waals surface area contributed by atoms with Gasteiger partial charge in [-0.2, -0.15) is 0 Å². The first-order valence-corrected chi connectivity index (χ1v) is 10.8. The Bertz CT molecular complexity index is 544. The predicted molar refractivity (Wildman–Crippen MR) is 113 cm³/mol. The Kier molecular flexibility index (Phi) is 8.00. The molecule has 0 saturated carbocycles. The molecule has 1 N–H and O–H groups in total. The number of hydrogen-bond acceptors (Lipinski definition) is 2. The van der Waals surface area contributed by atoms with E-state index in [4.69, 9.17) is 16.3 Å². The Balaban J connectivity index is 1.96. The third-order valence-corrected chi connectivity index (χ3v) is 6.56. The summed E-state index contributed by atoms with van der Waals surface area (Å²) in [6.45, 7) is 13.5. The van der Waals surface area contributed by atoms with Crippen LogP contribution in [-0.4, -0.2) is 18.8 Å². The van der Waals surface area contributed by atoms with Gasteiger partial charge in [0.1, 0.15) is 0 Å². The molecule has 1 aliphatic rings. The van der Waals surface area contributed by atoms with Crippen molar-refractivity contribution in [2.75, 3.05) is 13.2 Å². The van der Waals surface area contributed by atoms with Crippen molar-refractivity contribution in [3.63, 3.8) is 0 Å². The molecule has 1 aromatic rings. The molecule has 0 bridgehead atoms. The molecule has 1 aliphatic heterocycles. The van der Waals surface area contributed by atoms with Crippen molar-refractivity contribution in [1.82, 2.24) is 5.32 Å². The maximum Gasteiger partial charge on any atom is 0.0657 e. The molecule has 1 saturated heterocycles. The molecule has 2 rings (SSSR count). The van der Waals surface area contributed by atoms with E-state index in [9.17, 15) is 0 Å². The van der Waals surface area contributed by atoms with Crippen LogP contribution in [0.1, 0.15) is 84.7 Å². The molecule has 1 heterocycles. The van der Waals surface area contributed by atoms with Crippen molar-refractivity contribution in [3.8, 4) is 0 Å². The van der Waals surface area contributed by atoms with E-state index >= 15 is 0 Å². The van der Waals surface area contributed by atoms with Gasteiger partial charge in [-0.3, -0.25) is 0 Å². The fourth-order valence-electron chi connectivity index (χ4n) is 4.24. The van der Waals surface area contributed by atoms with Gasteiger partial charge in [0.2, 0.25) is 0 Å². The molecule has 2 nitrogen and oxygen atoms in total. The van der Waals surface area contributed by atoms with Crippen LogP contribution in [0.3, 0.4) is 0 Å². The zero-order chi connectivity index (χ0) is 19.2. The van der Waals surface area contributed by atoms with Crippen LogP contribution in [-0.2, 0) is 4.74 Å². The van der Waals surface area contributed by atoms with Gasteiger partial charge in [-0.05, 0) is 81.5 Å². The Morgan fingerprint density at radius 1 is 1.15 bits per heavy atom. The number of ether oxygens (including phenoxy) is 1. The van der Waals surface area contributed by atoms with Crippen LogP contribution in [0, 0.1) is 11.3 Å². The minimum Gasteiger partial charge on any atom is -0.375 e. The van der Waals surface area contributed by atoms with Gasteiger partial charge in [0.15, 0.2) is 0 Å². The van der Waals surface area contributed by atoms with Gasteiger partial charge in [0, 0.05) is 17.7 Å². The van der Waals surface area contributed by atoms with E-state index in [1.54, 1.807) is 0 Å². The van der Waals surface area contributed by atoms with Crippen LogP contribution < -0.4 is 5.32 Å². The van der Waals surface area contributed by atoms with Crippen LogP contribution in [0.15, 0.2) is 24.3 Å². The quantitative estimate of drug-likeness (QED) is 0.510. The highest BCUT2D eigenvalue weighted by atomic mass is 35.5. The van der Waals surface area contributed by atoms with Crippen LogP contribution in [0.4, 0.5) is 0 Å². The van der Waals surface area contributed by atoms with Crippen molar-refractivity contribution in [2.24, 2.45) is 11.3 Å². The highest BCUT2D eigenvalue weighted by Crippen LogP contribution is 2.46. The standard InChI is InChI=1S/C23H38ClNO/c1-6-22(5)17-23(14-16-26-22,12-11-18(2)3)13-15-25-19(4)20-7-9-21(24)10-8-20/h7-10,18-19,25H,6,11-17H2,1-5H3/t19-,22+,23-/m0/s1. The normalized spacial score (nSPS) is 27.7. The molecule has 3 atom stereocenters. The fourth-order valence-corrected chi connectivity index (χ4v) is 4.37. The van der Waals surface area contributed by atoms with Crippen molar-refractivity contribution < 1.29 is 4.74 Å². The molecular weight excluding hydrogens is 342 g/mol.